The molecule has 1 aliphatic rings. The van der Waals surface area contributed by atoms with Crippen molar-refractivity contribution < 1.29 is 8.78 Å². The fourth-order valence-corrected chi connectivity index (χ4v) is 3.26. The molecule has 4 heteroatoms. The lowest BCUT2D eigenvalue weighted by Gasteiger charge is -2.37. The molecule has 1 aliphatic heterocycles. The number of hydrogen-bond acceptors (Lipinski definition) is 1. The lowest BCUT2D eigenvalue weighted by Crippen LogP contribution is -2.37. The zero-order valence-electron chi connectivity index (χ0n) is 11.7. The van der Waals surface area contributed by atoms with Gasteiger partial charge in [-0.25, -0.2) is 8.78 Å². The van der Waals surface area contributed by atoms with Crippen LogP contribution in [0.2, 0.25) is 0 Å². The summed E-state index contributed by atoms with van der Waals surface area (Å²) in [5, 5.41) is 0. The van der Waals surface area contributed by atoms with Crippen molar-refractivity contribution in [2.24, 2.45) is 0 Å². The Morgan fingerprint density at radius 3 is 2.76 bits per heavy atom. The summed E-state index contributed by atoms with van der Waals surface area (Å²) in [6.45, 7) is 2.35. The molecule has 1 atom stereocenters. The van der Waals surface area contributed by atoms with Gasteiger partial charge in [-0.2, -0.15) is 0 Å². The molecule has 0 fully saturated rings. The van der Waals surface area contributed by atoms with Gasteiger partial charge in [-0.1, -0.05) is 18.2 Å². The van der Waals surface area contributed by atoms with Crippen LogP contribution in [0.15, 0.2) is 40.9 Å². The highest BCUT2D eigenvalue weighted by atomic mass is 79.9. The van der Waals surface area contributed by atoms with E-state index < -0.39 is 11.6 Å². The molecule has 110 valence electrons. The molecule has 0 aliphatic carbocycles. The maximum atomic E-state index is 14.2. The minimum atomic E-state index is -0.509. The van der Waals surface area contributed by atoms with Crippen LogP contribution < -0.4 is 4.90 Å². The molecule has 21 heavy (non-hydrogen) atoms. The molecule has 1 unspecified atom stereocenters. The van der Waals surface area contributed by atoms with Crippen LogP contribution in [0.1, 0.15) is 24.5 Å². The highest BCUT2D eigenvalue weighted by Crippen LogP contribution is 2.33. The number of para-hydroxylation sites is 1. The van der Waals surface area contributed by atoms with Gasteiger partial charge in [0.05, 0.1) is 4.47 Å². The van der Waals surface area contributed by atoms with Gasteiger partial charge in [-0.15, -0.1) is 0 Å². The monoisotopic (exact) mass is 351 g/mol. The first-order valence-corrected chi connectivity index (χ1v) is 7.84. The molecule has 0 spiro atoms. The average Bonchev–Trinajstić information content (AvgIpc) is 2.49. The van der Waals surface area contributed by atoms with Crippen molar-refractivity contribution in [3.05, 3.63) is 63.6 Å². The summed E-state index contributed by atoms with van der Waals surface area (Å²) in [4.78, 5) is 2.09. The van der Waals surface area contributed by atoms with E-state index in [9.17, 15) is 8.78 Å². The van der Waals surface area contributed by atoms with E-state index in [2.05, 4.69) is 33.8 Å². The smallest absolute Gasteiger partial charge is 0.145 e. The Bertz CT molecular complexity index is 672. The Balaban J connectivity index is 2.00. The SMILES string of the molecule is CC1CCc2ccccc2N1Cc1c(F)ccc(Br)c1F. The van der Waals surface area contributed by atoms with E-state index >= 15 is 0 Å². The lowest BCUT2D eigenvalue weighted by molar-refractivity contribution is 0.514. The molecule has 0 amide bonds. The van der Waals surface area contributed by atoms with Crippen molar-refractivity contribution in [1.82, 2.24) is 0 Å². The van der Waals surface area contributed by atoms with Gasteiger partial charge in [0.2, 0.25) is 0 Å². The summed E-state index contributed by atoms with van der Waals surface area (Å²) in [6, 6.07) is 11.1. The molecule has 0 saturated carbocycles. The number of benzene rings is 2. The second kappa shape index (κ2) is 5.76. The topological polar surface area (TPSA) is 3.24 Å². The van der Waals surface area contributed by atoms with Crippen LogP contribution in [0.4, 0.5) is 14.5 Å². The molecule has 2 aromatic carbocycles. The summed E-state index contributed by atoms with van der Waals surface area (Å²) >= 11 is 3.13. The van der Waals surface area contributed by atoms with E-state index in [0.717, 1.165) is 18.5 Å². The molecule has 0 aromatic heterocycles. The number of hydrogen-bond donors (Lipinski definition) is 0. The Morgan fingerprint density at radius 2 is 1.95 bits per heavy atom. The van der Waals surface area contributed by atoms with Gasteiger partial charge in [-0.05, 0) is 59.5 Å². The molecule has 0 radical (unpaired) electrons. The van der Waals surface area contributed by atoms with Crippen molar-refractivity contribution in [2.75, 3.05) is 4.90 Å². The summed E-state index contributed by atoms with van der Waals surface area (Å²) in [6.07, 6.45) is 2.01. The molecule has 0 saturated heterocycles. The first-order chi connectivity index (χ1) is 10.1. The maximum absolute atomic E-state index is 14.2. The van der Waals surface area contributed by atoms with Crippen LogP contribution in [0.25, 0.3) is 0 Å². The molecule has 0 bridgehead atoms. The van der Waals surface area contributed by atoms with Crippen LogP contribution >= 0.6 is 15.9 Å². The zero-order chi connectivity index (χ0) is 15.0. The molecular weight excluding hydrogens is 336 g/mol. The lowest BCUT2D eigenvalue weighted by atomic mass is 9.96. The van der Waals surface area contributed by atoms with Crippen molar-refractivity contribution >= 4 is 21.6 Å². The van der Waals surface area contributed by atoms with Crippen LogP contribution in [0.5, 0.6) is 0 Å². The van der Waals surface area contributed by atoms with Crippen LogP contribution in [-0.4, -0.2) is 6.04 Å². The largest absolute Gasteiger partial charge is 0.364 e. The number of aryl methyl sites for hydroxylation is 1. The average molecular weight is 352 g/mol. The predicted molar refractivity (Wildman–Crippen MR) is 84.5 cm³/mol. The third-order valence-corrected chi connectivity index (χ3v) is 4.74. The molecule has 0 N–H and O–H groups in total. The normalized spacial score (nSPS) is 17.7. The maximum Gasteiger partial charge on any atom is 0.145 e. The van der Waals surface area contributed by atoms with E-state index in [1.165, 1.54) is 17.7 Å². The second-order valence-corrected chi connectivity index (χ2v) is 6.32. The second-order valence-electron chi connectivity index (χ2n) is 5.47. The number of fused-ring (bicyclic) bond motifs is 1. The first-order valence-electron chi connectivity index (χ1n) is 7.05. The van der Waals surface area contributed by atoms with Crippen LogP contribution in [0.3, 0.4) is 0 Å². The Kier molecular flexibility index (Phi) is 3.98. The van der Waals surface area contributed by atoms with E-state index in [0.29, 0.717) is 4.47 Å². The van der Waals surface area contributed by atoms with Gasteiger partial charge in [0, 0.05) is 23.8 Å². The number of halogens is 3. The fraction of sp³-hybridized carbons (Fsp3) is 0.294. The predicted octanol–water partition coefficient (Wildman–Crippen LogP) is 5.07. The minimum absolute atomic E-state index is 0.118. The first kappa shape index (κ1) is 14.5. The van der Waals surface area contributed by atoms with Crippen molar-refractivity contribution in [2.45, 2.75) is 32.4 Å². The third-order valence-electron chi connectivity index (χ3n) is 4.13. The van der Waals surface area contributed by atoms with Crippen molar-refractivity contribution in [3.8, 4) is 0 Å². The van der Waals surface area contributed by atoms with Gasteiger partial charge in [0.1, 0.15) is 11.6 Å². The zero-order valence-corrected chi connectivity index (χ0v) is 13.3. The molecule has 3 rings (SSSR count). The Morgan fingerprint density at radius 1 is 1.19 bits per heavy atom. The van der Waals surface area contributed by atoms with Crippen LogP contribution in [-0.2, 0) is 13.0 Å². The van der Waals surface area contributed by atoms with Crippen molar-refractivity contribution in [1.29, 1.82) is 0 Å². The summed E-state index contributed by atoms with van der Waals surface area (Å²) < 4.78 is 28.5. The molecule has 1 heterocycles. The van der Waals surface area contributed by atoms with E-state index in [1.807, 2.05) is 18.2 Å². The minimum Gasteiger partial charge on any atom is -0.364 e. The Hall–Kier alpha value is -1.42. The summed E-state index contributed by atoms with van der Waals surface area (Å²) in [7, 11) is 0. The quantitative estimate of drug-likeness (QED) is 0.682. The van der Waals surface area contributed by atoms with Crippen molar-refractivity contribution in [3.63, 3.8) is 0 Å². The van der Waals surface area contributed by atoms with Gasteiger partial charge in [0.15, 0.2) is 0 Å². The third kappa shape index (κ3) is 2.69. The van der Waals surface area contributed by atoms with Gasteiger partial charge in [-0.3, -0.25) is 0 Å². The molecular formula is C17H16BrF2N. The van der Waals surface area contributed by atoms with E-state index in [-0.39, 0.29) is 18.2 Å². The summed E-state index contributed by atoms with van der Waals surface area (Å²) in [5.74, 6) is -1.00. The molecule has 2 aromatic rings. The van der Waals surface area contributed by atoms with Gasteiger partial charge < -0.3 is 4.90 Å². The van der Waals surface area contributed by atoms with Gasteiger partial charge >= 0.3 is 0 Å². The standard InChI is InChI=1S/C17H16BrF2N/c1-11-6-7-12-4-2-3-5-16(12)21(11)10-13-15(19)9-8-14(18)17(13)20/h2-5,8-9,11H,6-7,10H2,1H3. The molecule has 1 nitrogen and oxygen atoms in total. The summed E-state index contributed by atoms with van der Waals surface area (Å²) in [5.41, 5.74) is 2.44. The van der Waals surface area contributed by atoms with Crippen LogP contribution in [0, 0.1) is 11.6 Å². The number of anilines is 1. The highest BCUT2D eigenvalue weighted by molar-refractivity contribution is 9.10. The Labute approximate surface area is 131 Å². The van der Waals surface area contributed by atoms with E-state index in [4.69, 9.17) is 0 Å². The van der Waals surface area contributed by atoms with Gasteiger partial charge in [0.25, 0.3) is 0 Å². The number of nitrogens with zero attached hydrogens (tertiary/aromatic N) is 1. The highest BCUT2D eigenvalue weighted by Gasteiger charge is 2.25. The fourth-order valence-electron chi connectivity index (χ4n) is 2.89. The van der Waals surface area contributed by atoms with E-state index in [1.54, 1.807) is 0 Å². The number of rotatable bonds is 2.